The Morgan fingerprint density at radius 1 is 1.06 bits per heavy atom. The molecule has 0 bridgehead atoms. The van der Waals surface area contributed by atoms with Crippen LogP contribution >= 0.6 is 11.0 Å². The Bertz CT molecular complexity index is 982. The molecule has 2 aromatic rings. The van der Waals surface area contributed by atoms with Gasteiger partial charge in [0.05, 0.1) is 39.5 Å². The Balaban J connectivity index is 1.66. The SMILES string of the molecule is CCC(CC)COC(=O)c1ccc(CN2CC(O)N(Cc3ccc(OC)cc3OC)S2(O)O)cc1. The Labute approximate surface area is 208 Å². The highest BCUT2D eigenvalue weighted by Gasteiger charge is 2.43. The minimum Gasteiger partial charge on any atom is -0.497 e. The van der Waals surface area contributed by atoms with Gasteiger partial charge < -0.3 is 19.3 Å². The van der Waals surface area contributed by atoms with Crippen LogP contribution in [0.5, 0.6) is 11.5 Å². The van der Waals surface area contributed by atoms with Crippen molar-refractivity contribution in [2.75, 3.05) is 27.4 Å². The summed E-state index contributed by atoms with van der Waals surface area (Å²) < 4.78 is 40.7. The summed E-state index contributed by atoms with van der Waals surface area (Å²) in [7, 11) is -0.352. The molecule has 1 atom stereocenters. The van der Waals surface area contributed by atoms with E-state index in [1.165, 1.54) is 15.7 Å². The zero-order chi connectivity index (χ0) is 25.6. The Kier molecular flexibility index (Phi) is 9.40. The van der Waals surface area contributed by atoms with Crippen molar-refractivity contribution >= 4 is 16.9 Å². The smallest absolute Gasteiger partial charge is 0.338 e. The van der Waals surface area contributed by atoms with Crippen LogP contribution in [0.1, 0.15) is 48.2 Å². The lowest BCUT2D eigenvalue weighted by Crippen LogP contribution is -2.32. The first-order valence-electron chi connectivity index (χ1n) is 11.7. The Morgan fingerprint density at radius 3 is 2.34 bits per heavy atom. The minimum absolute atomic E-state index is 0.0556. The molecule has 0 aromatic heterocycles. The van der Waals surface area contributed by atoms with Gasteiger partial charge in [0.25, 0.3) is 0 Å². The minimum atomic E-state index is -3.43. The summed E-state index contributed by atoms with van der Waals surface area (Å²) >= 11 is 0. The molecule has 1 aliphatic heterocycles. The van der Waals surface area contributed by atoms with E-state index in [4.69, 9.17) is 14.2 Å². The summed E-state index contributed by atoms with van der Waals surface area (Å²) in [5, 5.41) is 10.6. The van der Waals surface area contributed by atoms with Crippen LogP contribution in [-0.4, -0.2) is 62.4 Å². The van der Waals surface area contributed by atoms with Gasteiger partial charge in [-0.2, -0.15) is 8.61 Å². The monoisotopic (exact) mass is 508 g/mol. The highest BCUT2D eigenvalue weighted by molar-refractivity contribution is 8.20. The van der Waals surface area contributed by atoms with E-state index in [0.717, 1.165) is 18.4 Å². The topological polar surface area (TPSA) is 112 Å². The van der Waals surface area contributed by atoms with Gasteiger partial charge in [0.2, 0.25) is 0 Å². The van der Waals surface area contributed by atoms with E-state index in [1.807, 2.05) is 0 Å². The van der Waals surface area contributed by atoms with Crippen LogP contribution < -0.4 is 9.47 Å². The summed E-state index contributed by atoms with van der Waals surface area (Å²) in [5.41, 5.74) is 1.91. The third-order valence-corrected chi connectivity index (χ3v) is 8.31. The number of ether oxygens (including phenoxy) is 3. The van der Waals surface area contributed by atoms with Crippen molar-refractivity contribution in [3.8, 4) is 11.5 Å². The summed E-state index contributed by atoms with van der Waals surface area (Å²) in [5.74, 6) is 1.12. The molecular weight excluding hydrogens is 472 g/mol. The van der Waals surface area contributed by atoms with Crippen molar-refractivity contribution in [2.45, 2.75) is 46.0 Å². The Hall–Kier alpha value is -2.34. The summed E-state index contributed by atoms with van der Waals surface area (Å²) in [6.45, 7) is 4.87. The summed E-state index contributed by atoms with van der Waals surface area (Å²) in [4.78, 5) is 12.3. The van der Waals surface area contributed by atoms with E-state index < -0.39 is 17.2 Å². The number of β-amino-alcohol motifs (C(OH)–C–C–N with tert-alkyl or cyclic N) is 1. The Morgan fingerprint density at radius 2 is 1.74 bits per heavy atom. The zero-order valence-electron chi connectivity index (χ0n) is 20.7. The lowest BCUT2D eigenvalue weighted by atomic mass is 10.1. The van der Waals surface area contributed by atoms with Gasteiger partial charge in [0, 0.05) is 18.2 Å². The van der Waals surface area contributed by atoms with Gasteiger partial charge in [-0.25, -0.2) is 4.79 Å². The number of nitrogens with zero attached hydrogens (tertiary/aromatic N) is 2. The molecule has 0 aliphatic carbocycles. The fraction of sp³-hybridized carbons (Fsp3) is 0.480. The summed E-state index contributed by atoms with van der Waals surface area (Å²) in [6.07, 6.45) is 0.837. The highest BCUT2D eigenvalue weighted by Crippen LogP contribution is 2.54. The number of benzene rings is 2. The van der Waals surface area contributed by atoms with Crippen LogP contribution in [0, 0.1) is 5.92 Å². The van der Waals surface area contributed by atoms with Crippen LogP contribution in [0.15, 0.2) is 42.5 Å². The molecular formula is C25H36N2O7S. The van der Waals surface area contributed by atoms with Gasteiger partial charge in [-0.05, 0) is 29.7 Å². The fourth-order valence-electron chi connectivity index (χ4n) is 3.93. The van der Waals surface area contributed by atoms with Crippen LogP contribution in [0.2, 0.25) is 0 Å². The number of carbonyl (C=O) groups excluding carboxylic acids is 1. The van der Waals surface area contributed by atoms with Crippen LogP contribution in [0.4, 0.5) is 0 Å². The van der Waals surface area contributed by atoms with E-state index in [9.17, 15) is 19.0 Å². The molecule has 2 aromatic carbocycles. The molecule has 0 saturated carbocycles. The van der Waals surface area contributed by atoms with E-state index in [0.29, 0.717) is 35.2 Å². The quantitative estimate of drug-likeness (QED) is 0.377. The molecule has 35 heavy (non-hydrogen) atoms. The second-order valence-corrected chi connectivity index (χ2v) is 10.5. The third kappa shape index (κ3) is 6.46. The van der Waals surface area contributed by atoms with Gasteiger partial charge in [-0.1, -0.05) is 55.9 Å². The maximum absolute atomic E-state index is 12.3. The van der Waals surface area contributed by atoms with E-state index in [1.54, 1.807) is 49.6 Å². The lowest BCUT2D eigenvalue weighted by Gasteiger charge is -2.42. The van der Waals surface area contributed by atoms with Gasteiger partial charge >= 0.3 is 5.97 Å². The molecule has 1 aliphatic rings. The number of hydrogen-bond donors (Lipinski definition) is 3. The van der Waals surface area contributed by atoms with Crippen LogP contribution in [0.25, 0.3) is 0 Å². The molecule has 3 rings (SSSR count). The second-order valence-electron chi connectivity index (χ2n) is 8.52. The third-order valence-electron chi connectivity index (χ3n) is 6.33. The molecule has 3 N–H and O–H groups in total. The molecule has 9 nitrogen and oxygen atoms in total. The number of carbonyl (C=O) groups is 1. The lowest BCUT2D eigenvalue weighted by molar-refractivity contribution is 0.0433. The van der Waals surface area contributed by atoms with Gasteiger partial charge in [0.15, 0.2) is 0 Å². The maximum Gasteiger partial charge on any atom is 0.338 e. The molecule has 1 saturated heterocycles. The predicted octanol–water partition coefficient (Wildman–Crippen LogP) is 4.51. The van der Waals surface area contributed by atoms with Crippen LogP contribution in [-0.2, 0) is 17.8 Å². The molecule has 0 spiro atoms. The van der Waals surface area contributed by atoms with Crippen LogP contribution in [0.3, 0.4) is 0 Å². The molecule has 1 unspecified atom stereocenters. The van der Waals surface area contributed by atoms with Crippen molar-refractivity contribution in [2.24, 2.45) is 5.92 Å². The molecule has 1 fully saturated rings. The molecule has 0 amide bonds. The number of aliphatic hydroxyl groups excluding tert-OH is 1. The largest absolute Gasteiger partial charge is 0.497 e. The number of esters is 1. The van der Waals surface area contributed by atoms with Crippen molar-refractivity contribution in [3.63, 3.8) is 0 Å². The normalized spacial score (nSPS) is 19.0. The first-order valence-corrected chi connectivity index (χ1v) is 13.1. The number of methoxy groups -OCH3 is 2. The standard InChI is InChI=1S/C25H36N2O7S/c1-5-18(6-2)17-34-25(29)20-9-7-19(8-10-20)14-26-16-24(28)27(35(26,30)31)15-21-11-12-22(32-3)13-23(21)33-4/h7-13,18,24,28,30-31H,5-6,14-17H2,1-4H3. The number of rotatable bonds is 11. The average Bonchev–Trinajstić information content (AvgIpc) is 3.07. The predicted molar refractivity (Wildman–Crippen MR) is 135 cm³/mol. The van der Waals surface area contributed by atoms with E-state index in [2.05, 4.69) is 13.8 Å². The molecule has 0 radical (unpaired) electrons. The van der Waals surface area contributed by atoms with E-state index >= 15 is 0 Å². The molecule has 1 heterocycles. The zero-order valence-corrected chi connectivity index (χ0v) is 21.5. The molecule has 194 valence electrons. The van der Waals surface area contributed by atoms with Crippen molar-refractivity contribution < 1.29 is 33.2 Å². The van der Waals surface area contributed by atoms with Crippen molar-refractivity contribution in [1.29, 1.82) is 0 Å². The maximum atomic E-state index is 12.3. The highest BCUT2D eigenvalue weighted by atomic mass is 32.3. The van der Waals surface area contributed by atoms with Gasteiger partial charge in [-0.15, -0.1) is 0 Å². The number of aliphatic hydroxyl groups is 1. The molecule has 10 heteroatoms. The second kappa shape index (κ2) is 12.1. The van der Waals surface area contributed by atoms with Crippen molar-refractivity contribution in [1.82, 2.24) is 8.61 Å². The van der Waals surface area contributed by atoms with Crippen molar-refractivity contribution in [3.05, 3.63) is 59.2 Å². The summed E-state index contributed by atoms with van der Waals surface area (Å²) in [6, 6.07) is 12.1. The van der Waals surface area contributed by atoms with Gasteiger partial charge in [-0.3, -0.25) is 9.11 Å². The van der Waals surface area contributed by atoms with Gasteiger partial charge in [0.1, 0.15) is 17.7 Å². The number of hydrogen-bond acceptors (Lipinski definition) is 9. The van der Waals surface area contributed by atoms with E-state index in [-0.39, 0.29) is 25.6 Å². The first kappa shape index (κ1) is 27.3. The first-order chi connectivity index (χ1) is 16.7. The fourth-order valence-corrected chi connectivity index (χ4v) is 5.59. The average molecular weight is 509 g/mol.